The van der Waals surface area contributed by atoms with Crippen LogP contribution in [0.3, 0.4) is 0 Å². The van der Waals surface area contributed by atoms with E-state index in [1.807, 2.05) is 24.3 Å². The van der Waals surface area contributed by atoms with E-state index in [0.29, 0.717) is 17.5 Å². The number of hydrogen-bond donors (Lipinski definition) is 2. The van der Waals surface area contributed by atoms with Gasteiger partial charge in [0.25, 0.3) is 5.91 Å². The van der Waals surface area contributed by atoms with Crippen molar-refractivity contribution in [2.75, 3.05) is 32.5 Å². The molecule has 0 aliphatic carbocycles. The van der Waals surface area contributed by atoms with Gasteiger partial charge < -0.3 is 15.5 Å². The number of anilines is 1. The first-order valence-electron chi connectivity index (χ1n) is 7.37. The number of nitrogens with zero attached hydrogens (tertiary/aromatic N) is 1. The molecular weight excluding hydrogens is 250 g/mol. The van der Waals surface area contributed by atoms with Crippen molar-refractivity contribution in [3.05, 3.63) is 29.8 Å². The van der Waals surface area contributed by atoms with E-state index in [0.717, 1.165) is 12.2 Å². The average Bonchev–Trinajstić information content (AvgIpc) is 2.46. The fourth-order valence-corrected chi connectivity index (χ4v) is 2.89. The van der Waals surface area contributed by atoms with Crippen molar-refractivity contribution >= 4 is 11.6 Å². The Morgan fingerprint density at radius 3 is 2.95 bits per heavy atom. The maximum Gasteiger partial charge on any atom is 0.251 e. The number of nitrogens with one attached hydrogen (secondary N) is 2. The van der Waals surface area contributed by atoms with Crippen LogP contribution in [0.5, 0.6) is 0 Å². The molecule has 1 amide bonds. The summed E-state index contributed by atoms with van der Waals surface area (Å²) in [5, 5.41) is 6.20. The molecule has 2 rings (SSSR count). The number of carbonyl (C=O) groups is 1. The molecule has 1 aliphatic heterocycles. The Hall–Kier alpha value is -1.55. The van der Waals surface area contributed by atoms with Gasteiger partial charge in [-0.1, -0.05) is 6.07 Å². The molecule has 2 atom stereocenters. The Kier molecular flexibility index (Phi) is 5.01. The lowest BCUT2D eigenvalue weighted by molar-refractivity contribution is 0.0963. The molecule has 2 unspecified atom stereocenters. The Morgan fingerprint density at radius 2 is 2.25 bits per heavy atom. The zero-order chi connectivity index (χ0) is 14.5. The fourth-order valence-electron chi connectivity index (χ4n) is 2.89. The summed E-state index contributed by atoms with van der Waals surface area (Å²) in [7, 11) is 3.84. The Morgan fingerprint density at radius 1 is 1.45 bits per heavy atom. The van der Waals surface area contributed by atoms with E-state index in [9.17, 15) is 4.79 Å². The molecule has 0 spiro atoms. The van der Waals surface area contributed by atoms with Crippen LogP contribution in [0.15, 0.2) is 24.3 Å². The van der Waals surface area contributed by atoms with Gasteiger partial charge in [-0.15, -0.1) is 0 Å². The van der Waals surface area contributed by atoms with Crippen molar-refractivity contribution in [1.29, 1.82) is 0 Å². The predicted molar refractivity (Wildman–Crippen MR) is 83.1 cm³/mol. The number of benzene rings is 1. The first-order chi connectivity index (χ1) is 9.60. The van der Waals surface area contributed by atoms with E-state index >= 15 is 0 Å². The summed E-state index contributed by atoms with van der Waals surface area (Å²) in [6.07, 6.45) is 2.54. The van der Waals surface area contributed by atoms with Crippen LogP contribution < -0.4 is 10.6 Å². The normalized spacial score (nSPS) is 21.2. The summed E-state index contributed by atoms with van der Waals surface area (Å²) in [5.41, 5.74) is 1.72. The molecule has 110 valence electrons. The minimum Gasteiger partial charge on any atom is -0.382 e. The number of carbonyl (C=O) groups excluding carboxylic acids is 1. The third kappa shape index (κ3) is 3.73. The van der Waals surface area contributed by atoms with Gasteiger partial charge in [-0.05, 0) is 57.5 Å². The van der Waals surface area contributed by atoms with Crippen LogP contribution >= 0.6 is 0 Å². The van der Waals surface area contributed by atoms with E-state index in [-0.39, 0.29) is 5.91 Å². The van der Waals surface area contributed by atoms with Crippen LogP contribution in [0.1, 0.15) is 30.1 Å². The molecule has 1 aromatic carbocycles. The quantitative estimate of drug-likeness (QED) is 0.885. The highest BCUT2D eigenvalue weighted by atomic mass is 16.1. The Balaban J connectivity index is 2.00. The van der Waals surface area contributed by atoms with E-state index in [4.69, 9.17) is 0 Å². The highest BCUT2D eigenvalue weighted by Crippen LogP contribution is 2.22. The molecule has 2 N–H and O–H groups in total. The fraction of sp³-hybridized carbons (Fsp3) is 0.562. The lowest BCUT2D eigenvalue weighted by Crippen LogP contribution is -2.39. The second kappa shape index (κ2) is 6.75. The molecule has 0 saturated carbocycles. The molecule has 1 heterocycles. The van der Waals surface area contributed by atoms with Crippen molar-refractivity contribution < 1.29 is 4.79 Å². The van der Waals surface area contributed by atoms with Gasteiger partial charge in [0.05, 0.1) is 0 Å². The summed E-state index contributed by atoms with van der Waals surface area (Å²) in [5.74, 6) is 0.621. The van der Waals surface area contributed by atoms with E-state index in [1.54, 1.807) is 7.05 Å². The van der Waals surface area contributed by atoms with Crippen LogP contribution in [0.25, 0.3) is 0 Å². The zero-order valence-electron chi connectivity index (χ0n) is 12.6. The van der Waals surface area contributed by atoms with Crippen molar-refractivity contribution in [3.8, 4) is 0 Å². The second-order valence-corrected chi connectivity index (χ2v) is 5.76. The SMILES string of the molecule is CNC(=O)c1cccc(NC(C)C2CCCN(C)C2)c1. The van der Waals surface area contributed by atoms with Gasteiger partial charge >= 0.3 is 0 Å². The average molecular weight is 275 g/mol. The lowest BCUT2D eigenvalue weighted by Gasteiger charge is -2.34. The summed E-state index contributed by atoms with van der Waals surface area (Å²) in [6, 6.07) is 8.12. The number of likely N-dealkylation sites (tertiary alicyclic amines) is 1. The van der Waals surface area contributed by atoms with Crippen LogP contribution in [-0.2, 0) is 0 Å². The summed E-state index contributed by atoms with van der Waals surface area (Å²) in [4.78, 5) is 14.0. The molecule has 0 radical (unpaired) electrons. The highest BCUT2D eigenvalue weighted by Gasteiger charge is 2.22. The predicted octanol–water partition coefficient (Wildman–Crippen LogP) is 2.19. The molecule has 4 heteroatoms. The van der Waals surface area contributed by atoms with E-state index in [1.165, 1.54) is 19.4 Å². The second-order valence-electron chi connectivity index (χ2n) is 5.76. The number of amides is 1. The number of rotatable bonds is 4. The van der Waals surface area contributed by atoms with Gasteiger partial charge in [-0.25, -0.2) is 0 Å². The minimum atomic E-state index is -0.0429. The van der Waals surface area contributed by atoms with E-state index in [2.05, 4.69) is 29.5 Å². The van der Waals surface area contributed by atoms with Crippen LogP contribution in [0.2, 0.25) is 0 Å². The summed E-state index contributed by atoms with van der Waals surface area (Å²) < 4.78 is 0. The third-order valence-corrected chi connectivity index (χ3v) is 4.11. The maximum atomic E-state index is 11.7. The van der Waals surface area contributed by atoms with Crippen molar-refractivity contribution in [1.82, 2.24) is 10.2 Å². The van der Waals surface area contributed by atoms with Gasteiger partial charge in [-0.2, -0.15) is 0 Å². The minimum absolute atomic E-state index is 0.0429. The molecule has 0 bridgehead atoms. The highest BCUT2D eigenvalue weighted by molar-refractivity contribution is 5.94. The maximum absolute atomic E-state index is 11.7. The first kappa shape index (κ1) is 14.9. The molecule has 4 nitrogen and oxygen atoms in total. The molecule has 1 saturated heterocycles. The third-order valence-electron chi connectivity index (χ3n) is 4.11. The Bertz CT molecular complexity index is 461. The van der Waals surface area contributed by atoms with Gasteiger partial charge in [0.1, 0.15) is 0 Å². The van der Waals surface area contributed by atoms with Crippen LogP contribution in [0, 0.1) is 5.92 Å². The van der Waals surface area contributed by atoms with Gasteiger partial charge in [0, 0.05) is 30.9 Å². The van der Waals surface area contributed by atoms with E-state index < -0.39 is 0 Å². The number of hydrogen-bond acceptors (Lipinski definition) is 3. The van der Waals surface area contributed by atoms with Gasteiger partial charge in [-0.3, -0.25) is 4.79 Å². The van der Waals surface area contributed by atoms with Gasteiger partial charge in [0.2, 0.25) is 0 Å². The molecule has 1 aromatic rings. The van der Waals surface area contributed by atoms with Gasteiger partial charge in [0.15, 0.2) is 0 Å². The molecular formula is C16H25N3O. The lowest BCUT2D eigenvalue weighted by atomic mass is 9.91. The summed E-state index contributed by atoms with van der Waals surface area (Å²) in [6.45, 7) is 4.58. The molecule has 20 heavy (non-hydrogen) atoms. The molecule has 1 fully saturated rings. The summed E-state index contributed by atoms with van der Waals surface area (Å²) >= 11 is 0. The Labute approximate surface area is 121 Å². The topological polar surface area (TPSA) is 44.4 Å². The smallest absolute Gasteiger partial charge is 0.251 e. The monoisotopic (exact) mass is 275 g/mol. The number of piperidine rings is 1. The largest absolute Gasteiger partial charge is 0.382 e. The van der Waals surface area contributed by atoms with Crippen LogP contribution in [0.4, 0.5) is 5.69 Å². The van der Waals surface area contributed by atoms with Crippen molar-refractivity contribution in [3.63, 3.8) is 0 Å². The standard InChI is InChI=1S/C16H25N3O/c1-12(14-7-5-9-19(3)11-14)18-15-8-4-6-13(10-15)16(20)17-2/h4,6,8,10,12,14,18H,5,7,9,11H2,1-3H3,(H,17,20). The van der Waals surface area contributed by atoms with Crippen LogP contribution in [-0.4, -0.2) is 44.0 Å². The molecule has 0 aromatic heterocycles. The van der Waals surface area contributed by atoms with Crippen molar-refractivity contribution in [2.45, 2.75) is 25.8 Å². The molecule has 1 aliphatic rings. The first-order valence-corrected chi connectivity index (χ1v) is 7.37. The van der Waals surface area contributed by atoms with Crippen molar-refractivity contribution in [2.24, 2.45) is 5.92 Å². The zero-order valence-corrected chi connectivity index (χ0v) is 12.6.